The second-order valence-electron chi connectivity index (χ2n) is 3.93. The third-order valence-corrected chi connectivity index (χ3v) is 2.97. The van der Waals surface area contributed by atoms with Crippen LogP contribution in [-0.4, -0.2) is 29.9 Å². The van der Waals surface area contributed by atoms with E-state index in [0.717, 1.165) is 6.42 Å². The van der Waals surface area contributed by atoms with Gasteiger partial charge in [-0.15, -0.1) is 12.4 Å². The van der Waals surface area contributed by atoms with Crippen molar-refractivity contribution in [1.82, 2.24) is 4.90 Å². The molecule has 1 amide bonds. The first-order chi connectivity index (χ1) is 7.58. The van der Waals surface area contributed by atoms with Crippen LogP contribution in [0.3, 0.4) is 0 Å². The van der Waals surface area contributed by atoms with Gasteiger partial charge in [-0.05, 0) is 24.6 Å². The number of carbonyl (C=O) groups is 1. The van der Waals surface area contributed by atoms with E-state index in [9.17, 15) is 9.18 Å². The quantitative estimate of drug-likeness (QED) is 0.855. The highest BCUT2D eigenvalue weighted by Gasteiger charge is 2.24. The van der Waals surface area contributed by atoms with Gasteiger partial charge < -0.3 is 10.6 Å². The van der Waals surface area contributed by atoms with Crippen molar-refractivity contribution >= 4 is 29.9 Å². The zero-order valence-corrected chi connectivity index (χ0v) is 10.6. The third kappa shape index (κ3) is 3.09. The van der Waals surface area contributed by atoms with Gasteiger partial charge in [0, 0.05) is 24.7 Å². The molecule has 1 saturated heterocycles. The van der Waals surface area contributed by atoms with Gasteiger partial charge in [0.25, 0.3) is 5.91 Å². The Morgan fingerprint density at radius 2 is 2.24 bits per heavy atom. The molecule has 94 valence electrons. The summed E-state index contributed by atoms with van der Waals surface area (Å²) in [5, 5.41) is -0.0330. The van der Waals surface area contributed by atoms with Crippen LogP contribution in [0.4, 0.5) is 4.39 Å². The van der Waals surface area contributed by atoms with E-state index in [1.807, 2.05) is 0 Å². The number of hydrogen-bond donors (Lipinski definition) is 1. The molecule has 1 unspecified atom stereocenters. The summed E-state index contributed by atoms with van der Waals surface area (Å²) in [4.78, 5) is 13.6. The number of nitrogens with zero attached hydrogens (tertiary/aromatic N) is 1. The number of nitrogens with two attached hydrogens (primary N) is 1. The Labute approximate surface area is 110 Å². The normalized spacial score (nSPS) is 19.0. The van der Waals surface area contributed by atoms with Crippen LogP contribution in [0.25, 0.3) is 0 Å². The average molecular weight is 279 g/mol. The number of halogens is 3. The van der Waals surface area contributed by atoms with E-state index >= 15 is 0 Å². The van der Waals surface area contributed by atoms with E-state index in [2.05, 4.69) is 0 Å². The number of benzene rings is 1. The van der Waals surface area contributed by atoms with Crippen molar-refractivity contribution in [2.24, 2.45) is 5.73 Å². The van der Waals surface area contributed by atoms with Crippen molar-refractivity contribution in [2.75, 3.05) is 13.1 Å². The van der Waals surface area contributed by atoms with Crippen molar-refractivity contribution in [3.63, 3.8) is 0 Å². The fourth-order valence-corrected chi connectivity index (χ4v) is 1.96. The molecule has 0 aliphatic carbocycles. The van der Waals surface area contributed by atoms with Crippen LogP contribution in [0.15, 0.2) is 18.2 Å². The van der Waals surface area contributed by atoms with Gasteiger partial charge in [-0.2, -0.15) is 0 Å². The number of amides is 1. The summed E-state index contributed by atoms with van der Waals surface area (Å²) < 4.78 is 12.9. The van der Waals surface area contributed by atoms with Gasteiger partial charge in [0.2, 0.25) is 0 Å². The van der Waals surface area contributed by atoms with E-state index in [-0.39, 0.29) is 29.4 Å². The third-order valence-electron chi connectivity index (χ3n) is 2.68. The van der Waals surface area contributed by atoms with Crippen LogP contribution < -0.4 is 5.73 Å². The highest BCUT2D eigenvalue weighted by Crippen LogP contribution is 2.18. The van der Waals surface area contributed by atoms with E-state index in [0.29, 0.717) is 18.7 Å². The fraction of sp³-hybridized carbons (Fsp3) is 0.364. The summed E-state index contributed by atoms with van der Waals surface area (Å²) in [6.07, 6.45) is 0.806. The predicted octanol–water partition coefficient (Wildman–Crippen LogP) is 2.07. The Hall–Kier alpha value is -0.840. The summed E-state index contributed by atoms with van der Waals surface area (Å²) in [6.45, 7) is 1.20. The maximum atomic E-state index is 12.9. The molecule has 0 aromatic heterocycles. The minimum Gasteiger partial charge on any atom is -0.337 e. The lowest BCUT2D eigenvalue weighted by Crippen LogP contribution is -2.31. The van der Waals surface area contributed by atoms with Gasteiger partial charge in [0.15, 0.2) is 0 Å². The maximum Gasteiger partial charge on any atom is 0.253 e. The average Bonchev–Trinajstić information content (AvgIpc) is 2.68. The Morgan fingerprint density at radius 1 is 1.53 bits per heavy atom. The molecule has 1 aromatic rings. The number of hydrogen-bond acceptors (Lipinski definition) is 2. The molecule has 1 heterocycles. The molecular weight excluding hydrogens is 266 g/mol. The Balaban J connectivity index is 0.00000144. The Kier molecular flexibility index (Phi) is 4.74. The van der Waals surface area contributed by atoms with E-state index in [4.69, 9.17) is 17.3 Å². The van der Waals surface area contributed by atoms with E-state index in [1.54, 1.807) is 4.90 Å². The molecule has 0 radical (unpaired) electrons. The minimum absolute atomic E-state index is 0. The molecule has 1 aromatic carbocycles. The summed E-state index contributed by atoms with van der Waals surface area (Å²) in [6, 6.07) is 4.03. The molecule has 1 aliphatic rings. The van der Waals surface area contributed by atoms with E-state index in [1.165, 1.54) is 18.2 Å². The van der Waals surface area contributed by atoms with Gasteiger partial charge in [0.1, 0.15) is 5.82 Å². The molecular formula is C11H13Cl2FN2O. The van der Waals surface area contributed by atoms with E-state index < -0.39 is 5.82 Å². The molecule has 3 nitrogen and oxygen atoms in total. The zero-order valence-electron chi connectivity index (χ0n) is 9.03. The van der Waals surface area contributed by atoms with Gasteiger partial charge in [-0.25, -0.2) is 4.39 Å². The summed E-state index contributed by atoms with van der Waals surface area (Å²) in [5.41, 5.74) is 6.12. The number of rotatable bonds is 1. The standard InChI is InChI=1S/C11H12ClFN2O.ClH/c12-9-5-7(1-2-10(9)13)11(16)15-4-3-8(14)6-15;/h1-2,5,8H,3-4,6,14H2;1H. The second kappa shape index (κ2) is 5.67. The van der Waals surface area contributed by atoms with Crippen molar-refractivity contribution in [3.05, 3.63) is 34.6 Å². The smallest absolute Gasteiger partial charge is 0.253 e. The molecule has 2 N–H and O–H groups in total. The molecule has 2 rings (SSSR count). The first-order valence-corrected chi connectivity index (χ1v) is 5.45. The van der Waals surface area contributed by atoms with Crippen molar-refractivity contribution in [2.45, 2.75) is 12.5 Å². The molecule has 17 heavy (non-hydrogen) atoms. The first-order valence-electron chi connectivity index (χ1n) is 5.08. The highest BCUT2D eigenvalue weighted by molar-refractivity contribution is 6.31. The van der Waals surface area contributed by atoms with Gasteiger partial charge in [-0.1, -0.05) is 11.6 Å². The van der Waals surface area contributed by atoms with Crippen LogP contribution in [0.2, 0.25) is 5.02 Å². The summed E-state index contributed by atoms with van der Waals surface area (Å²) in [7, 11) is 0. The SMILES string of the molecule is Cl.NC1CCN(C(=O)c2ccc(F)c(Cl)c2)C1. The van der Waals surface area contributed by atoms with Crippen LogP contribution in [0.5, 0.6) is 0 Å². The number of carbonyl (C=O) groups excluding carboxylic acids is 1. The topological polar surface area (TPSA) is 46.3 Å². The highest BCUT2D eigenvalue weighted by atomic mass is 35.5. The van der Waals surface area contributed by atoms with Crippen LogP contribution in [0.1, 0.15) is 16.8 Å². The Bertz CT molecular complexity index is 428. The van der Waals surface area contributed by atoms with Crippen molar-refractivity contribution in [1.29, 1.82) is 0 Å². The summed E-state index contributed by atoms with van der Waals surface area (Å²) >= 11 is 5.62. The predicted molar refractivity (Wildman–Crippen MR) is 67.2 cm³/mol. The van der Waals surface area contributed by atoms with Gasteiger partial charge >= 0.3 is 0 Å². The zero-order chi connectivity index (χ0) is 11.7. The van der Waals surface area contributed by atoms with Crippen LogP contribution in [-0.2, 0) is 0 Å². The van der Waals surface area contributed by atoms with Gasteiger partial charge in [-0.3, -0.25) is 4.79 Å². The lowest BCUT2D eigenvalue weighted by Gasteiger charge is -2.15. The summed E-state index contributed by atoms with van der Waals surface area (Å²) in [5.74, 6) is -0.661. The lowest BCUT2D eigenvalue weighted by atomic mass is 10.2. The second-order valence-corrected chi connectivity index (χ2v) is 4.34. The molecule has 1 fully saturated rings. The monoisotopic (exact) mass is 278 g/mol. The molecule has 0 spiro atoms. The molecule has 1 aliphatic heterocycles. The van der Waals surface area contributed by atoms with Crippen LogP contribution >= 0.6 is 24.0 Å². The van der Waals surface area contributed by atoms with Crippen molar-refractivity contribution in [3.8, 4) is 0 Å². The van der Waals surface area contributed by atoms with Gasteiger partial charge in [0.05, 0.1) is 5.02 Å². The molecule has 1 atom stereocenters. The maximum absolute atomic E-state index is 12.9. The van der Waals surface area contributed by atoms with Crippen LogP contribution in [0, 0.1) is 5.82 Å². The Morgan fingerprint density at radius 3 is 2.76 bits per heavy atom. The number of likely N-dealkylation sites (tertiary alicyclic amines) is 1. The molecule has 0 bridgehead atoms. The molecule has 0 saturated carbocycles. The molecule has 6 heteroatoms. The fourth-order valence-electron chi connectivity index (χ4n) is 1.78. The van der Waals surface area contributed by atoms with Crippen molar-refractivity contribution < 1.29 is 9.18 Å². The minimum atomic E-state index is -0.517. The lowest BCUT2D eigenvalue weighted by molar-refractivity contribution is 0.0791. The first kappa shape index (κ1) is 14.2. The largest absolute Gasteiger partial charge is 0.337 e.